The molecule has 0 bridgehead atoms. The van der Waals surface area contributed by atoms with Crippen molar-refractivity contribution in [2.75, 3.05) is 7.05 Å². The zero-order valence-corrected chi connectivity index (χ0v) is 11.2. The van der Waals surface area contributed by atoms with Crippen molar-refractivity contribution in [2.24, 2.45) is 0 Å². The molecule has 2 aromatic heterocycles. The van der Waals surface area contributed by atoms with E-state index in [-0.39, 0.29) is 5.91 Å². The van der Waals surface area contributed by atoms with Crippen LogP contribution in [-0.2, 0) is 6.54 Å². The molecule has 0 aliphatic heterocycles. The first-order valence-corrected chi connectivity index (χ1v) is 6.48. The molecule has 0 fully saturated rings. The van der Waals surface area contributed by atoms with Crippen LogP contribution in [0.15, 0.2) is 60.8 Å². The Morgan fingerprint density at radius 2 is 1.90 bits per heavy atom. The van der Waals surface area contributed by atoms with Crippen LogP contribution in [0, 0.1) is 0 Å². The third kappa shape index (κ3) is 2.40. The number of nitrogens with zero attached hydrogens (tertiary/aromatic N) is 3. The number of hydrogen-bond acceptors (Lipinski definition) is 2. The Balaban J connectivity index is 1.81. The minimum absolute atomic E-state index is 0.0717. The van der Waals surface area contributed by atoms with Crippen LogP contribution in [0.2, 0.25) is 0 Å². The molecule has 0 N–H and O–H groups in total. The number of pyridine rings is 1. The lowest BCUT2D eigenvalue weighted by Crippen LogP contribution is -2.26. The van der Waals surface area contributed by atoms with E-state index in [0.717, 1.165) is 11.1 Å². The number of fused-ring (bicyclic) bond motifs is 1. The highest BCUT2D eigenvalue weighted by molar-refractivity contribution is 5.93. The maximum atomic E-state index is 12.4. The predicted molar refractivity (Wildman–Crippen MR) is 77.4 cm³/mol. The number of aromatic nitrogens is 2. The maximum absolute atomic E-state index is 12.4. The fourth-order valence-corrected chi connectivity index (χ4v) is 2.17. The number of carbonyl (C=O) groups excluding carboxylic acids is 1. The Labute approximate surface area is 117 Å². The highest BCUT2D eigenvalue weighted by Crippen LogP contribution is 2.10. The lowest BCUT2D eigenvalue weighted by molar-refractivity contribution is 0.0779. The second-order valence-corrected chi connectivity index (χ2v) is 4.75. The Kier molecular flexibility index (Phi) is 3.21. The number of benzene rings is 1. The molecule has 3 aromatic rings. The summed E-state index contributed by atoms with van der Waals surface area (Å²) >= 11 is 0. The Hall–Kier alpha value is -2.62. The van der Waals surface area contributed by atoms with Crippen LogP contribution in [0.1, 0.15) is 16.1 Å². The summed E-state index contributed by atoms with van der Waals surface area (Å²) in [6.07, 6.45) is 1.84. The van der Waals surface area contributed by atoms with Gasteiger partial charge in [-0.3, -0.25) is 4.79 Å². The van der Waals surface area contributed by atoms with Crippen LogP contribution in [-0.4, -0.2) is 27.5 Å². The molecule has 0 aliphatic rings. The number of amides is 1. The van der Waals surface area contributed by atoms with Crippen molar-refractivity contribution in [3.63, 3.8) is 0 Å². The minimum atomic E-state index is -0.0717. The summed E-state index contributed by atoms with van der Waals surface area (Å²) in [5.74, 6) is -0.0717. The molecule has 0 atom stereocenters. The van der Waals surface area contributed by atoms with Gasteiger partial charge < -0.3 is 4.90 Å². The fraction of sp³-hybridized carbons (Fsp3) is 0.125. The van der Waals surface area contributed by atoms with Gasteiger partial charge in [0.1, 0.15) is 0 Å². The molecule has 0 aliphatic carbocycles. The number of carbonyl (C=O) groups is 1. The quantitative estimate of drug-likeness (QED) is 0.730. The average molecular weight is 265 g/mol. The lowest BCUT2D eigenvalue weighted by Gasteiger charge is -2.15. The van der Waals surface area contributed by atoms with E-state index in [4.69, 9.17) is 0 Å². The van der Waals surface area contributed by atoms with Crippen molar-refractivity contribution in [3.05, 3.63) is 72.1 Å². The predicted octanol–water partition coefficient (Wildman–Crippen LogP) is 2.61. The van der Waals surface area contributed by atoms with Crippen molar-refractivity contribution in [2.45, 2.75) is 6.54 Å². The number of rotatable bonds is 3. The van der Waals surface area contributed by atoms with Gasteiger partial charge in [0.25, 0.3) is 5.91 Å². The minimum Gasteiger partial charge on any atom is -0.336 e. The molecule has 0 spiro atoms. The number of hydrogen-bond donors (Lipinski definition) is 0. The molecule has 0 saturated carbocycles. The van der Waals surface area contributed by atoms with Crippen molar-refractivity contribution in [1.82, 2.24) is 14.5 Å². The van der Waals surface area contributed by atoms with E-state index >= 15 is 0 Å². The molecule has 4 nitrogen and oxygen atoms in total. The Morgan fingerprint density at radius 3 is 2.65 bits per heavy atom. The van der Waals surface area contributed by atoms with Gasteiger partial charge in [0, 0.05) is 19.8 Å². The third-order valence-electron chi connectivity index (χ3n) is 3.20. The zero-order valence-electron chi connectivity index (χ0n) is 11.2. The van der Waals surface area contributed by atoms with Gasteiger partial charge in [0.05, 0.1) is 5.52 Å². The fourth-order valence-electron chi connectivity index (χ4n) is 2.17. The Morgan fingerprint density at radius 1 is 1.15 bits per heavy atom. The summed E-state index contributed by atoms with van der Waals surface area (Å²) in [6.45, 7) is 0.577. The standard InChI is InChI=1S/C16H15N3O/c1-18(12-13-7-3-2-4-8-13)16(20)15-11-14-9-5-6-10-19(14)17-15/h2-11H,12H2,1H3. The van der Waals surface area contributed by atoms with Crippen LogP contribution >= 0.6 is 0 Å². The van der Waals surface area contributed by atoms with Crippen LogP contribution in [0.25, 0.3) is 5.52 Å². The monoisotopic (exact) mass is 265 g/mol. The van der Waals surface area contributed by atoms with E-state index < -0.39 is 0 Å². The SMILES string of the molecule is CN(Cc1ccccc1)C(=O)c1cc2ccccn2n1. The maximum Gasteiger partial charge on any atom is 0.274 e. The summed E-state index contributed by atoms with van der Waals surface area (Å²) in [5.41, 5.74) is 2.49. The van der Waals surface area contributed by atoms with Gasteiger partial charge in [-0.15, -0.1) is 0 Å². The zero-order chi connectivity index (χ0) is 13.9. The molecular weight excluding hydrogens is 250 g/mol. The molecule has 1 amide bonds. The first kappa shape index (κ1) is 12.4. The molecule has 0 unspecified atom stereocenters. The van der Waals surface area contributed by atoms with E-state index in [1.807, 2.05) is 60.8 Å². The van der Waals surface area contributed by atoms with E-state index in [2.05, 4.69) is 5.10 Å². The molecule has 100 valence electrons. The largest absolute Gasteiger partial charge is 0.336 e. The lowest BCUT2D eigenvalue weighted by atomic mass is 10.2. The van der Waals surface area contributed by atoms with E-state index in [9.17, 15) is 4.79 Å². The Bertz CT molecular complexity index is 701. The van der Waals surface area contributed by atoms with Crippen LogP contribution in [0.5, 0.6) is 0 Å². The van der Waals surface area contributed by atoms with E-state index in [1.54, 1.807) is 16.5 Å². The molecule has 3 rings (SSSR count). The topological polar surface area (TPSA) is 37.6 Å². The molecule has 1 aromatic carbocycles. The molecular formula is C16H15N3O. The van der Waals surface area contributed by atoms with Gasteiger partial charge in [0.15, 0.2) is 5.69 Å². The van der Waals surface area contributed by atoms with Crippen LogP contribution in [0.4, 0.5) is 0 Å². The van der Waals surface area contributed by atoms with E-state index in [0.29, 0.717) is 12.2 Å². The second kappa shape index (κ2) is 5.17. The van der Waals surface area contributed by atoms with Gasteiger partial charge >= 0.3 is 0 Å². The highest BCUT2D eigenvalue weighted by Gasteiger charge is 2.15. The molecule has 0 radical (unpaired) electrons. The first-order valence-electron chi connectivity index (χ1n) is 6.48. The summed E-state index contributed by atoms with van der Waals surface area (Å²) in [5, 5.41) is 4.30. The third-order valence-corrected chi connectivity index (χ3v) is 3.20. The molecule has 2 heterocycles. The van der Waals surface area contributed by atoms with Crippen molar-refractivity contribution < 1.29 is 4.79 Å². The van der Waals surface area contributed by atoms with Crippen molar-refractivity contribution in [3.8, 4) is 0 Å². The van der Waals surface area contributed by atoms with Crippen molar-refractivity contribution in [1.29, 1.82) is 0 Å². The average Bonchev–Trinajstić information content (AvgIpc) is 2.91. The molecule has 20 heavy (non-hydrogen) atoms. The van der Waals surface area contributed by atoms with Gasteiger partial charge in [-0.25, -0.2) is 4.52 Å². The van der Waals surface area contributed by atoms with Crippen LogP contribution < -0.4 is 0 Å². The molecule has 4 heteroatoms. The van der Waals surface area contributed by atoms with Gasteiger partial charge in [-0.1, -0.05) is 36.4 Å². The first-order chi connectivity index (χ1) is 9.74. The van der Waals surface area contributed by atoms with Gasteiger partial charge in [-0.05, 0) is 23.8 Å². The normalized spacial score (nSPS) is 10.7. The van der Waals surface area contributed by atoms with Crippen LogP contribution in [0.3, 0.4) is 0 Å². The van der Waals surface area contributed by atoms with E-state index in [1.165, 1.54) is 0 Å². The summed E-state index contributed by atoms with van der Waals surface area (Å²) in [4.78, 5) is 14.0. The van der Waals surface area contributed by atoms with Crippen molar-refractivity contribution >= 4 is 11.4 Å². The summed E-state index contributed by atoms with van der Waals surface area (Å²) in [6, 6.07) is 17.5. The van der Waals surface area contributed by atoms with Gasteiger partial charge in [-0.2, -0.15) is 5.10 Å². The summed E-state index contributed by atoms with van der Waals surface area (Å²) in [7, 11) is 1.79. The highest BCUT2D eigenvalue weighted by atomic mass is 16.2. The smallest absolute Gasteiger partial charge is 0.274 e. The van der Waals surface area contributed by atoms with Gasteiger partial charge in [0.2, 0.25) is 0 Å². The molecule has 0 saturated heterocycles. The summed E-state index contributed by atoms with van der Waals surface area (Å²) < 4.78 is 1.71. The second-order valence-electron chi connectivity index (χ2n) is 4.75.